The van der Waals surface area contributed by atoms with Crippen molar-refractivity contribution in [3.8, 4) is 0 Å². The molecule has 0 aliphatic carbocycles. The minimum absolute atomic E-state index is 0.0654. The van der Waals surface area contributed by atoms with Gasteiger partial charge < -0.3 is 20.0 Å². The van der Waals surface area contributed by atoms with Gasteiger partial charge in [0.1, 0.15) is 11.9 Å². The molecule has 1 atom stereocenters. The van der Waals surface area contributed by atoms with Crippen molar-refractivity contribution in [1.82, 2.24) is 15.1 Å². The molecule has 31 heavy (non-hydrogen) atoms. The Morgan fingerprint density at radius 1 is 0.935 bits per heavy atom. The van der Waals surface area contributed by atoms with Gasteiger partial charge in [-0.2, -0.15) is 0 Å². The summed E-state index contributed by atoms with van der Waals surface area (Å²) in [6.45, 7) is 3.19. The van der Waals surface area contributed by atoms with Crippen molar-refractivity contribution in [2.45, 2.75) is 12.5 Å². The van der Waals surface area contributed by atoms with Gasteiger partial charge >= 0.3 is 0 Å². The zero-order valence-corrected chi connectivity index (χ0v) is 17.2. The fraction of sp³-hybridized carbons (Fsp3) is 0.348. The van der Waals surface area contributed by atoms with Gasteiger partial charge in [0, 0.05) is 50.5 Å². The van der Waals surface area contributed by atoms with Crippen LogP contribution in [0.4, 0.5) is 10.1 Å². The van der Waals surface area contributed by atoms with Crippen LogP contribution in [0.15, 0.2) is 54.6 Å². The number of anilines is 1. The van der Waals surface area contributed by atoms with Crippen LogP contribution in [0.2, 0.25) is 0 Å². The van der Waals surface area contributed by atoms with Crippen molar-refractivity contribution in [2.24, 2.45) is 0 Å². The summed E-state index contributed by atoms with van der Waals surface area (Å²) < 4.78 is 13.2. The molecule has 0 saturated carbocycles. The Kier molecular flexibility index (Phi) is 6.16. The number of carbonyl (C=O) groups excluding carboxylic acids is 3. The zero-order chi connectivity index (χ0) is 21.8. The Morgan fingerprint density at radius 3 is 2.29 bits per heavy atom. The average molecular weight is 424 g/mol. The minimum atomic E-state index is -0.869. The normalized spacial score (nSPS) is 19.2. The van der Waals surface area contributed by atoms with E-state index in [9.17, 15) is 18.8 Å². The number of nitrogens with zero attached hydrogens (tertiary/aromatic N) is 3. The Bertz CT molecular complexity index is 943. The van der Waals surface area contributed by atoms with E-state index in [1.54, 1.807) is 4.90 Å². The lowest BCUT2D eigenvalue weighted by molar-refractivity contribution is -0.138. The molecule has 0 radical (unpaired) electrons. The SMILES string of the molecule is O=C1NCCN(C(=O)c2ccc(F)cc2)C1CC(=O)N1CCN(c2ccccc2)CC1. The third-order valence-corrected chi connectivity index (χ3v) is 5.80. The van der Waals surface area contributed by atoms with E-state index in [2.05, 4.69) is 10.2 Å². The van der Waals surface area contributed by atoms with Gasteiger partial charge in [0.25, 0.3) is 5.91 Å². The molecular formula is C23H25FN4O3. The first-order chi connectivity index (χ1) is 15.0. The van der Waals surface area contributed by atoms with Crippen LogP contribution in [-0.4, -0.2) is 72.8 Å². The number of hydrogen-bond donors (Lipinski definition) is 1. The number of benzene rings is 2. The highest BCUT2D eigenvalue weighted by Gasteiger charge is 2.36. The number of para-hydroxylation sites is 1. The molecule has 2 aliphatic heterocycles. The second kappa shape index (κ2) is 9.16. The smallest absolute Gasteiger partial charge is 0.254 e. The van der Waals surface area contributed by atoms with Gasteiger partial charge in [0.05, 0.1) is 6.42 Å². The summed E-state index contributed by atoms with van der Waals surface area (Å²) in [5.41, 5.74) is 1.42. The minimum Gasteiger partial charge on any atom is -0.368 e. The van der Waals surface area contributed by atoms with E-state index >= 15 is 0 Å². The maximum atomic E-state index is 13.2. The van der Waals surface area contributed by atoms with Crippen molar-refractivity contribution in [3.63, 3.8) is 0 Å². The van der Waals surface area contributed by atoms with Gasteiger partial charge in [-0.1, -0.05) is 18.2 Å². The number of halogens is 1. The predicted octanol–water partition coefficient (Wildman–Crippen LogP) is 1.51. The lowest BCUT2D eigenvalue weighted by Crippen LogP contribution is -2.59. The van der Waals surface area contributed by atoms with Gasteiger partial charge in [-0.05, 0) is 36.4 Å². The number of amides is 3. The van der Waals surface area contributed by atoms with Crippen molar-refractivity contribution in [1.29, 1.82) is 0 Å². The molecule has 1 unspecified atom stereocenters. The molecule has 2 aromatic rings. The average Bonchev–Trinajstić information content (AvgIpc) is 2.81. The van der Waals surface area contributed by atoms with E-state index in [-0.39, 0.29) is 24.1 Å². The van der Waals surface area contributed by atoms with E-state index in [0.717, 1.165) is 5.69 Å². The van der Waals surface area contributed by atoms with Crippen molar-refractivity contribution >= 4 is 23.4 Å². The number of nitrogens with one attached hydrogen (secondary N) is 1. The number of piperazine rings is 2. The fourth-order valence-corrected chi connectivity index (χ4v) is 4.07. The maximum absolute atomic E-state index is 13.2. The van der Waals surface area contributed by atoms with E-state index in [0.29, 0.717) is 44.8 Å². The van der Waals surface area contributed by atoms with Crippen LogP contribution in [-0.2, 0) is 9.59 Å². The molecule has 2 heterocycles. The van der Waals surface area contributed by atoms with Gasteiger partial charge in [0.15, 0.2) is 0 Å². The lowest BCUT2D eigenvalue weighted by Gasteiger charge is -2.39. The second-order valence-electron chi connectivity index (χ2n) is 7.72. The third-order valence-electron chi connectivity index (χ3n) is 5.80. The summed E-state index contributed by atoms with van der Waals surface area (Å²) in [6.07, 6.45) is -0.0654. The largest absolute Gasteiger partial charge is 0.368 e. The van der Waals surface area contributed by atoms with E-state index in [4.69, 9.17) is 0 Å². The first-order valence-electron chi connectivity index (χ1n) is 10.4. The first-order valence-corrected chi connectivity index (χ1v) is 10.4. The van der Waals surface area contributed by atoms with Gasteiger partial charge in [-0.3, -0.25) is 14.4 Å². The summed E-state index contributed by atoms with van der Waals surface area (Å²) in [6, 6.07) is 14.4. The van der Waals surface area contributed by atoms with Crippen LogP contribution in [0.5, 0.6) is 0 Å². The summed E-state index contributed by atoms with van der Waals surface area (Å²) in [5.74, 6) is -1.29. The van der Waals surface area contributed by atoms with Crippen molar-refractivity contribution in [2.75, 3.05) is 44.2 Å². The summed E-state index contributed by atoms with van der Waals surface area (Å²) in [4.78, 5) is 43.8. The highest BCUT2D eigenvalue weighted by Crippen LogP contribution is 2.19. The quantitative estimate of drug-likeness (QED) is 0.808. The monoisotopic (exact) mass is 424 g/mol. The van der Waals surface area contributed by atoms with Crippen LogP contribution in [0, 0.1) is 5.82 Å². The highest BCUT2D eigenvalue weighted by molar-refractivity contribution is 5.99. The van der Waals surface area contributed by atoms with Crippen LogP contribution in [0.1, 0.15) is 16.8 Å². The molecule has 8 heteroatoms. The van der Waals surface area contributed by atoms with E-state index < -0.39 is 11.9 Å². The van der Waals surface area contributed by atoms with Gasteiger partial charge in [-0.25, -0.2) is 4.39 Å². The zero-order valence-electron chi connectivity index (χ0n) is 17.2. The molecule has 1 N–H and O–H groups in total. The van der Waals surface area contributed by atoms with E-state index in [1.807, 2.05) is 30.3 Å². The van der Waals surface area contributed by atoms with Crippen LogP contribution < -0.4 is 10.2 Å². The summed E-state index contributed by atoms with van der Waals surface area (Å²) in [7, 11) is 0. The fourth-order valence-electron chi connectivity index (χ4n) is 4.07. The van der Waals surface area contributed by atoms with E-state index in [1.165, 1.54) is 29.2 Å². The first kappa shape index (κ1) is 20.8. The van der Waals surface area contributed by atoms with Gasteiger partial charge in [0.2, 0.25) is 11.8 Å². The molecule has 0 spiro atoms. The lowest BCUT2D eigenvalue weighted by atomic mass is 10.0. The van der Waals surface area contributed by atoms with Crippen LogP contribution in [0.25, 0.3) is 0 Å². The molecule has 2 saturated heterocycles. The number of carbonyl (C=O) groups is 3. The summed E-state index contributed by atoms with van der Waals surface area (Å²) in [5, 5.41) is 2.74. The van der Waals surface area contributed by atoms with Crippen molar-refractivity contribution < 1.29 is 18.8 Å². The van der Waals surface area contributed by atoms with Gasteiger partial charge in [-0.15, -0.1) is 0 Å². The van der Waals surface area contributed by atoms with Crippen LogP contribution in [0.3, 0.4) is 0 Å². The number of hydrogen-bond acceptors (Lipinski definition) is 4. The molecule has 2 aliphatic rings. The molecule has 7 nitrogen and oxygen atoms in total. The Balaban J connectivity index is 1.40. The standard InChI is InChI=1S/C23H25FN4O3/c24-18-8-6-17(7-9-18)23(31)28-11-10-25-22(30)20(28)16-21(29)27-14-12-26(13-15-27)19-4-2-1-3-5-19/h1-9,20H,10-16H2,(H,25,30). The molecule has 0 aromatic heterocycles. The topological polar surface area (TPSA) is 73.0 Å². The highest BCUT2D eigenvalue weighted by atomic mass is 19.1. The molecule has 4 rings (SSSR count). The number of rotatable bonds is 4. The van der Waals surface area contributed by atoms with Crippen molar-refractivity contribution in [3.05, 3.63) is 66.0 Å². The Labute approximate surface area is 180 Å². The molecule has 2 fully saturated rings. The molecular weight excluding hydrogens is 399 g/mol. The molecule has 0 bridgehead atoms. The molecule has 162 valence electrons. The maximum Gasteiger partial charge on any atom is 0.254 e. The third kappa shape index (κ3) is 4.68. The Morgan fingerprint density at radius 2 is 1.61 bits per heavy atom. The summed E-state index contributed by atoms with van der Waals surface area (Å²) >= 11 is 0. The Hall–Kier alpha value is -3.42. The molecule has 2 aromatic carbocycles. The van der Waals surface area contributed by atoms with Crippen LogP contribution >= 0.6 is 0 Å². The second-order valence-corrected chi connectivity index (χ2v) is 7.72. The predicted molar refractivity (Wildman–Crippen MR) is 114 cm³/mol. The molecule has 3 amide bonds.